The van der Waals surface area contributed by atoms with E-state index in [0.29, 0.717) is 28.7 Å². The van der Waals surface area contributed by atoms with Crippen molar-refractivity contribution >= 4 is 29.1 Å². The van der Waals surface area contributed by atoms with E-state index in [1.165, 1.54) is 18.9 Å². The van der Waals surface area contributed by atoms with E-state index in [0.717, 1.165) is 43.8 Å². The first-order valence-electron chi connectivity index (χ1n) is 12.5. The molecule has 2 saturated heterocycles. The zero-order valence-electron chi connectivity index (χ0n) is 20.2. The molecule has 2 aromatic carbocycles. The van der Waals surface area contributed by atoms with Crippen molar-refractivity contribution < 1.29 is 13.9 Å². The van der Waals surface area contributed by atoms with Gasteiger partial charge >= 0.3 is 0 Å². The number of hydrogen-bond donors (Lipinski definition) is 1. The fourth-order valence-corrected chi connectivity index (χ4v) is 5.51. The van der Waals surface area contributed by atoms with Crippen LogP contribution in [0.1, 0.15) is 49.7 Å². The van der Waals surface area contributed by atoms with Crippen LogP contribution in [0.2, 0.25) is 10.0 Å². The van der Waals surface area contributed by atoms with Crippen molar-refractivity contribution in [3.63, 3.8) is 0 Å². The number of hydrogen-bond acceptors (Lipinski definition) is 4. The fraction of sp³-hybridized carbons (Fsp3) is 0.519. The Morgan fingerprint density at radius 3 is 2.43 bits per heavy atom. The number of ether oxygens (including phenoxy) is 1. The first kappa shape index (κ1) is 26.2. The third-order valence-electron chi connectivity index (χ3n) is 7.04. The molecule has 0 spiro atoms. The third kappa shape index (κ3) is 6.88. The summed E-state index contributed by atoms with van der Waals surface area (Å²) >= 11 is 12.1. The van der Waals surface area contributed by atoms with Gasteiger partial charge in [-0.3, -0.25) is 9.69 Å². The van der Waals surface area contributed by atoms with Gasteiger partial charge in [-0.15, -0.1) is 0 Å². The summed E-state index contributed by atoms with van der Waals surface area (Å²) in [7, 11) is 0. The van der Waals surface area contributed by atoms with Crippen molar-refractivity contribution in [1.82, 2.24) is 9.80 Å². The van der Waals surface area contributed by atoms with Gasteiger partial charge in [-0.1, -0.05) is 35.3 Å². The SMILES string of the molecule is C[C@H](CN1CCCC1)Oc1cc(Cl)ccc1C1CCN(C(=O)[C@H](N)Cc2ccc(Cl)cc2F)CC1. The Hall–Kier alpha value is -1.86. The number of nitrogens with two attached hydrogens (primary N) is 1. The zero-order chi connectivity index (χ0) is 24.9. The Morgan fingerprint density at radius 1 is 1.09 bits per heavy atom. The number of rotatable bonds is 8. The van der Waals surface area contributed by atoms with Gasteiger partial charge in [0.2, 0.25) is 5.91 Å². The van der Waals surface area contributed by atoms with Crippen LogP contribution in [0.25, 0.3) is 0 Å². The second-order valence-corrected chi connectivity index (χ2v) is 10.6. The van der Waals surface area contributed by atoms with Crippen LogP contribution in [0, 0.1) is 5.82 Å². The molecule has 8 heteroatoms. The standard InChI is InChI=1S/C27H34Cl2FN3O2/c1-18(17-32-10-2-3-11-32)35-26-16-22(29)6-7-23(26)19-8-12-33(13-9-19)27(34)25(31)14-20-4-5-21(28)15-24(20)30/h4-7,15-16,18-19,25H,2-3,8-14,17,31H2,1H3/t18-,25-/m1/s1. The Labute approximate surface area is 217 Å². The smallest absolute Gasteiger partial charge is 0.239 e. The maximum absolute atomic E-state index is 14.1. The van der Waals surface area contributed by atoms with Crippen molar-refractivity contribution in [2.45, 2.75) is 57.1 Å². The largest absolute Gasteiger partial charge is 0.489 e. The van der Waals surface area contributed by atoms with Crippen LogP contribution in [-0.4, -0.2) is 60.6 Å². The molecule has 2 heterocycles. The molecule has 5 nitrogen and oxygen atoms in total. The van der Waals surface area contributed by atoms with E-state index in [-0.39, 0.29) is 24.3 Å². The van der Waals surface area contributed by atoms with E-state index in [9.17, 15) is 9.18 Å². The number of carbonyl (C=O) groups is 1. The quantitative estimate of drug-likeness (QED) is 0.513. The topological polar surface area (TPSA) is 58.8 Å². The molecule has 2 N–H and O–H groups in total. The number of nitrogens with zero attached hydrogens (tertiary/aromatic N) is 2. The molecule has 35 heavy (non-hydrogen) atoms. The fourth-order valence-electron chi connectivity index (χ4n) is 5.19. The summed E-state index contributed by atoms with van der Waals surface area (Å²) in [6.45, 7) is 6.49. The lowest BCUT2D eigenvalue weighted by Gasteiger charge is -2.34. The highest BCUT2D eigenvalue weighted by Gasteiger charge is 2.29. The van der Waals surface area contributed by atoms with Crippen molar-refractivity contribution in [3.8, 4) is 5.75 Å². The molecule has 2 aliphatic rings. The molecule has 1 amide bonds. The average molecular weight is 522 g/mol. The summed E-state index contributed by atoms with van der Waals surface area (Å²) in [6.07, 6.45) is 4.35. The van der Waals surface area contributed by atoms with Gasteiger partial charge < -0.3 is 15.4 Å². The number of carbonyl (C=O) groups excluding carboxylic acids is 1. The molecule has 4 rings (SSSR count). The Kier molecular flexibility index (Phi) is 8.92. The zero-order valence-corrected chi connectivity index (χ0v) is 21.7. The minimum Gasteiger partial charge on any atom is -0.489 e. The molecule has 2 atom stereocenters. The lowest BCUT2D eigenvalue weighted by Crippen LogP contribution is -2.47. The van der Waals surface area contributed by atoms with Crippen molar-refractivity contribution in [1.29, 1.82) is 0 Å². The van der Waals surface area contributed by atoms with Crippen LogP contribution >= 0.6 is 23.2 Å². The maximum Gasteiger partial charge on any atom is 0.239 e. The van der Waals surface area contributed by atoms with Gasteiger partial charge in [-0.2, -0.15) is 0 Å². The summed E-state index contributed by atoms with van der Waals surface area (Å²) < 4.78 is 20.5. The molecule has 0 radical (unpaired) electrons. The minimum atomic E-state index is -0.789. The number of amides is 1. The lowest BCUT2D eigenvalue weighted by molar-refractivity contribution is -0.133. The highest BCUT2D eigenvalue weighted by atomic mass is 35.5. The summed E-state index contributed by atoms with van der Waals surface area (Å²) in [6, 6.07) is 9.52. The van der Waals surface area contributed by atoms with Crippen molar-refractivity contribution in [3.05, 3.63) is 63.4 Å². The molecule has 0 bridgehead atoms. The summed E-state index contributed by atoms with van der Waals surface area (Å²) in [5.74, 6) is 0.525. The third-order valence-corrected chi connectivity index (χ3v) is 7.51. The monoisotopic (exact) mass is 521 g/mol. The Morgan fingerprint density at radius 2 is 1.74 bits per heavy atom. The maximum atomic E-state index is 14.1. The van der Waals surface area contributed by atoms with E-state index >= 15 is 0 Å². The number of piperidine rings is 1. The first-order valence-corrected chi connectivity index (χ1v) is 13.2. The van der Waals surface area contributed by atoms with Crippen LogP contribution in [0.15, 0.2) is 36.4 Å². The number of likely N-dealkylation sites (tertiary alicyclic amines) is 2. The van der Waals surface area contributed by atoms with Gasteiger partial charge in [0.25, 0.3) is 0 Å². The van der Waals surface area contributed by atoms with Gasteiger partial charge in [-0.05, 0) is 93.4 Å². The second kappa shape index (κ2) is 11.9. The highest BCUT2D eigenvalue weighted by molar-refractivity contribution is 6.31. The van der Waals surface area contributed by atoms with E-state index in [4.69, 9.17) is 33.7 Å². The normalized spacial score (nSPS) is 19.1. The lowest BCUT2D eigenvalue weighted by atomic mass is 9.88. The summed E-state index contributed by atoms with van der Waals surface area (Å²) in [5.41, 5.74) is 7.71. The first-order chi connectivity index (χ1) is 16.8. The van der Waals surface area contributed by atoms with Gasteiger partial charge in [0.05, 0.1) is 6.04 Å². The average Bonchev–Trinajstić information content (AvgIpc) is 3.33. The Balaban J connectivity index is 1.35. The van der Waals surface area contributed by atoms with Crippen LogP contribution in [0.5, 0.6) is 5.75 Å². The van der Waals surface area contributed by atoms with E-state index in [1.807, 2.05) is 12.1 Å². The molecular formula is C27H34Cl2FN3O2. The molecule has 190 valence electrons. The molecule has 2 aliphatic heterocycles. The molecule has 0 aliphatic carbocycles. The van der Waals surface area contributed by atoms with Crippen LogP contribution in [0.3, 0.4) is 0 Å². The van der Waals surface area contributed by atoms with Crippen LogP contribution < -0.4 is 10.5 Å². The summed E-state index contributed by atoms with van der Waals surface area (Å²) in [5, 5.41) is 0.981. The summed E-state index contributed by atoms with van der Waals surface area (Å²) in [4.78, 5) is 17.2. The van der Waals surface area contributed by atoms with Gasteiger partial charge in [-0.25, -0.2) is 4.39 Å². The van der Waals surface area contributed by atoms with Crippen LogP contribution in [-0.2, 0) is 11.2 Å². The van der Waals surface area contributed by atoms with E-state index < -0.39 is 11.9 Å². The van der Waals surface area contributed by atoms with Gasteiger partial charge in [0, 0.05) is 29.7 Å². The molecule has 0 aromatic heterocycles. The van der Waals surface area contributed by atoms with Crippen molar-refractivity contribution in [2.24, 2.45) is 5.73 Å². The molecule has 2 fully saturated rings. The molecule has 2 aromatic rings. The van der Waals surface area contributed by atoms with Crippen molar-refractivity contribution in [2.75, 3.05) is 32.7 Å². The predicted molar refractivity (Wildman–Crippen MR) is 139 cm³/mol. The number of benzene rings is 2. The Bertz CT molecular complexity index is 1020. The highest BCUT2D eigenvalue weighted by Crippen LogP contribution is 2.36. The van der Waals surface area contributed by atoms with Gasteiger partial charge in [0.1, 0.15) is 17.7 Å². The van der Waals surface area contributed by atoms with E-state index in [1.54, 1.807) is 17.0 Å². The molecular weight excluding hydrogens is 488 g/mol. The van der Waals surface area contributed by atoms with E-state index in [2.05, 4.69) is 17.9 Å². The number of halogens is 3. The second-order valence-electron chi connectivity index (χ2n) is 9.76. The predicted octanol–water partition coefficient (Wildman–Crippen LogP) is 5.27. The minimum absolute atomic E-state index is 0.0678. The molecule has 0 unspecified atom stereocenters. The molecule has 0 saturated carbocycles. The van der Waals surface area contributed by atoms with Gasteiger partial charge in [0.15, 0.2) is 0 Å². The van der Waals surface area contributed by atoms with Crippen LogP contribution in [0.4, 0.5) is 4.39 Å².